The lowest BCUT2D eigenvalue weighted by Crippen LogP contribution is -2.44. The molecule has 3 aliphatic rings. The molecule has 0 unspecified atom stereocenters. The van der Waals surface area contributed by atoms with E-state index in [4.69, 9.17) is 14.0 Å². The number of fused-ring (bicyclic) bond motifs is 1. The van der Waals surface area contributed by atoms with Gasteiger partial charge in [-0.3, -0.25) is 4.79 Å². The highest BCUT2D eigenvalue weighted by molar-refractivity contribution is 7.54. The molecule has 10 heteroatoms. The fourth-order valence-corrected chi connectivity index (χ4v) is 5.82. The molecule has 0 bridgehead atoms. The van der Waals surface area contributed by atoms with Crippen LogP contribution in [0.5, 0.6) is 0 Å². The van der Waals surface area contributed by atoms with Crippen molar-refractivity contribution in [1.29, 1.82) is 0 Å². The molecule has 0 spiro atoms. The average molecular weight is 408 g/mol. The second-order valence-electron chi connectivity index (χ2n) is 6.81. The van der Waals surface area contributed by atoms with E-state index in [1.165, 1.54) is 0 Å². The maximum Gasteiger partial charge on any atom is 0.397 e. The van der Waals surface area contributed by atoms with Gasteiger partial charge in [0.15, 0.2) is 0 Å². The van der Waals surface area contributed by atoms with Crippen molar-refractivity contribution < 1.29 is 23.4 Å². The molecule has 0 N–H and O–H groups in total. The van der Waals surface area contributed by atoms with Gasteiger partial charge in [-0.15, -0.1) is 0 Å². The minimum Gasteiger partial charge on any atom is -0.403 e. The number of morpholine rings is 2. The maximum atomic E-state index is 14.2. The summed E-state index contributed by atoms with van der Waals surface area (Å²) in [6, 6.07) is 7.39. The van der Waals surface area contributed by atoms with Crippen LogP contribution in [0.1, 0.15) is 5.56 Å². The third-order valence-electron chi connectivity index (χ3n) is 5.12. The van der Waals surface area contributed by atoms with Gasteiger partial charge in [0.1, 0.15) is 6.54 Å². The van der Waals surface area contributed by atoms with Crippen LogP contribution in [0.3, 0.4) is 0 Å². The van der Waals surface area contributed by atoms with Crippen molar-refractivity contribution in [3.63, 3.8) is 0 Å². The molecular weight excluding hydrogens is 383 g/mol. The molecule has 3 heterocycles. The van der Waals surface area contributed by atoms with Crippen LogP contribution >= 0.6 is 7.67 Å². The highest BCUT2D eigenvalue weighted by Crippen LogP contribution is 2.55. The van der Waals surface area contributed by atoms with Crippen LogP contribution in [0.4, 0.5) is 5.69 Å². The molecule has 28 heavy (non-hydrogen) atoms. The first-order valence-electron chi connectivity index (χ1n) is 9.46. The van der Waals surface area contributed by atoms with Gasteiger partial charge in [-0.25, -0.2) is 18.9 Å². The van der Waals surface area contributed by atoms with E-state index in [0.29, 0.717) is 63.9 Å². The number of benzene rings is 1. The van der Waals surface area contributed by atoms with Crippen molar-refractivity contribution in [2.75, 3.05) is 71.1 Å². The normalized spacial score (nSPS) is 22.4. The second kappa shape index (κ2) is 8.31. The molecule has 4 rings (SSSR count). The maximum absolute atomic E-state index is 14.2. The molecule has 1 aromatic carbocycles. The topological polar surface area (TPSA) is 83.9 Å². The van der Waals surface area contributed by atoms with Crippen LogP contribution in [0.2, 0.25) is 0 Å². The molecule has 1 amide bonds. The summed E-state index contributed by atoms with van der Waals surface area (Å²) in [5.41, 5.74) is 1.36. The summed E-state index contributed by atoms with van der Waals surface area (Å²) < 4.78 is 35.0. The number of hydrogen-bond donors (Lipinski definition) is 0. The van der Waals surface area contributed by atoms with Gasteiger partial charge >= 0.3 is 7.67 Å². The molecule has 2 fully saturated rings. The van der Waals surface area contributed by atoms with Crippen molar-refractivity contribution >= 4 is 25.2 Å². The molecule has 1 aromatic rings. The van der Waals surface area contributed by atoms with E-state index in [-0.39, 0.29) is 18.3 Å². The Hall–Kier alpha value is -1.77. The first-order valence-corrected chi connectivity index (χ1v) is 11.0. The molecule has 152 valence electrons. The number of nitrogens with zero attached hydrogens (tertiary/aromatic N) is 4. The molecular formula is C18H25N4O5P. The van der Waals surface area contributed by atoms with Crippen molar-refractivity contribution in [2.45, 2.75) is 0 Å². The summed E-state index contributed by atoms with van der Waals surface area (Å²) in [7, 11) is -1.70. The SMILES string of the molecule is CN1C(=O)CN=C(OP(=O)(N2CCOCC2)N2CCOCC2)c2ccccc21. The van der Waals surface area contributed by atoms with Gasteiger partial charge in [-0.05, 0) is 12.1 Å². The Morgan fingerprint density at radius 2 is 1.57 bits per heavy atom. The Morgan fingerprint density at radius 1 is 1.00 bits per heavy atom. The summed E-state index contributed by atoms with van der Waals surface area (Å²) in [4.78, 5) is 18.3. The van der Waals surface area contributed by atoms with Gasteiger partial charge in [-0.1, -0.05) is 12.1 Å². The van der Waals surface area contributed by atoms with Crippen molar-refractivity contribution in [3.8, 4) is 0 Å². The Kier molecular flexibility index (Phi) is 5.80. The number of aliphatic imine (C=N–C) groups is 1. The third-order valence-corrected chi connectivity index (χ3v) is 7.76. The lowest BCUT2D eigenvalue weighted by atomic mass is 10.1. The molecule has 0 saturated carbocycles. The minimum atomic E-state index is -3.41. The van der Waals surface area contributed by atoms with Gasteiger partial charge in [0, 0.05) is 33.2 Å². The number of carbonyl (C=O) groups excluding carboxylic acids is 1. The Bertz CT molecular complexity index is 783. The highest BCUT2D eigenvalue weighted by Gasteiger charge is 2.43. The monoisotopic (exact) mass is 408 g/mol. The van der Waals surface area contributed by atoms with Crippen LogP contribution in [-0.2, 0) is 23.4 Å². The largest absolute Gasteiger partial charge is 0.403 e. The average Bonchev–Trinajstić information content (AvgIpc) is 2.87. The van der Waals surface area contributed by atoms with E-state index in [9.17, 15) is 9.36 Å². The molecule has 0 aliphatic carbocycles. The van der Waals surface area contributed by atoms with Gasteiger partial charge < -0.3 is 18.9 Å². The number of likely N-dealkylation sites (N-methyl/N-ethyl adjacent to an activating group) is 1. The zero-order valence-corrected chi connectivity index (χ0v) is 16.8. The van der Waals surface area contributed by atoms with Crippen LogP contribution in [0, 0.1) is 0 Å². The number of para-hydroxylation sites is 1. The summed E-state index contributed by atoms with van der Waals surface area (Å²) in [6.07, 6.45) is 0. The first kappa shape index (κ1) is 19.5. The summed E-state index contributed by atoms with van der Waals surface area (Å²) in [5, 5.41) is 0. The van der Waals surface area contributed by atoms with Crippen molar-refractivity contribution in [3.05, 3.63) is 29.8 Å². The second-order valence-corrected chi connectivity index (χ2v) is 9.10. The van der Waals surface area contributed by atoms with Gasteiger partial charge in [0.05, 0.1) is 37.7 Å². The van der Waals surface area contributed by atoms with Crippen molar-refractivity contribution in [1.82, 2.24) is 9.34 Å². The Labute approximate surface area is 164 Å². The van der Waals surface area contributed by atoms with Crippen LogP contribution in [0.15, 0.2) is 29.3 Å². The number of carbonyl (C=O) groups is 1. The lowest BCUT2D eigenvalue weighted by Gasteiger charge is -2.40. The Balaban J connectivity index is 1.70. The van der Waals surface area contributed by atoms with E-state index in [0.717, 1.165) is 0 Å². The van der Waals surface area contributed by atoms with Gasteiger partial charge in [-0.2, -0.15) is 0 Å². The highest BCUT2D eigenvalue weighted by atomic mass is 31.2. The number of hydrogen-bond acceptors (Lipinski definition) is 6. The van der Waals surface area contributed by atoms with E-state index in [1.807, 2.05) is 33.6 Å². The number of benzodiazepines with no additional fused rings is 1. The lowest BCUT2D eigenvalue weighted by molar-refractivity contribution is -0.116. The van der Waals surface area contributed by atoms with Crippen LogP contribution < -0.4 is 4.90 Å². The summed E-state index contributed by atoms with van der Waals surface area (Å²) in [6.45, 7) is 4.02. The Morgan fingerprint density at radius 3 is 2.18 bits per heavy atom. The summed E-state index contributed by atoms with van der Waals surface area (Å²) >= 11 is 0. The number of amides is 1. The minimum absolute atomic E-state index is 0.0489. The number of ether oxygens (including phenoxy) is 2. The van der Waals surface area contributed by atoms with E-state index in [2.05, 4.69) is 4.99 Å². The zero-order chi connectivity index (χ0) is 19.6. The molecule has 0 atom stereocenters. The number of rotatable bonds is 3. The van der Waals surface area contributed by atoms with Gasteiger partial charge in [0.25, 0.3) is 0 Å². The van der Waals surface area contributed by atoms with Crippen molar-refractivity contribution in [2.24, 2.45) is 4.99 Å². The fraction of sp³-hybridized carbons (Fsp3) is 0.556. The predicted octanol–water partition coefficient (Wildman–Crippen LogP) is 1.20. The van der Waals surface area contributed by atoms with E-state index in [1.54, 1.807) is 11.9 Å². The first-order chi connectivity index (χ1) is 13.6. The van der Waals surface area contributed by atoms with Crippen LogP contribution in [0.25, 0.3) is 0 Å². The molecule has 3 aliphatic heterocycles. The quantitative estimate of drug-likeness (QED) is 0.695. The molecule has 0 radical (unpaired) electrons. The van der Waals surface area contributed by atoms with E-state index >= 15 is 0 Å². The smallest absolute Gasteiger partial charge is 0.397 e. The number of anilines is 1. The predicted molar refractivity (Wildman–Crippen MR) is 105 cm³/mol. The molecule has 0 aromatic heterocycles. The molecule has 9 nitrogen and oxygen atoms in total. The summed E-state index contributed by atoms with van der Waals surface area (Å²) in [5.74, 6) is 0.105. The van der Waals surface area contributed by atoms with E-state index < -0.39 is 7.67 Å². The van der Waals surface area contributed by atoms with Gasteiger partial charge in [0.2, 0.25) is 11.8 Å². The third kappa shape index (κ3) is 3.73. The zero-order valence-electron chi connectivity index (χ0n) is 16.0. The standard InChI is InChI=1S/C18H25N4O5P/c1-20-16-5-3-2-4-15(16)18(19-14-17(20)23)27-28(24,21-6-10-25-11-7-21)22-8-12-26-13-9-22/h2-5H,6-14H2,1H3. The molecule has 2 saturated heterocycles. The fourth-order valence-electron chi connectivity index (χ4n) is 3.51. The van der Waals surface area contributed by atoms with Crippen LogP contribution in [-0.4, -0.2) is 87.3 Å².